The molecule has 0 aliphatic carbocycles. The number of carbonyl (C=O) groups excluding carboxylic acids is 1. The number of nitrogens with one attached hydrogen (secondary N) is 1. The molecule has 1 aromatic carbocycles. The topological polar surface area (TPSA) is 60.0 Å². The van der Waals surface area contributed by atoms with Gasteiger partial charge in [-0.05, 0) is 19.4 Å². The molecule has 0 aromatic heterocycles. The zero-order valence-corrected chi connectivity index (χ0v) is 14.6. The number of hydrogen-bond acceptors (Lipinski definition) is 5. The second-order valence-electron chi connectivity index (χ2n) is 5.95. The number of amides is 1. The molecule has 1 N–H and O–H groups in total. The van der Waals surface area contributed by atoms with Crippen molar-refractivity contribution in [1.29, 1.82) is 0 Å². The van der Waals surface area contributed by atoms with Crippen LogP contribution in [0.3, 0.4) is 0 Å². The zero-order chi connectivity index (χ0) is 17.2. The Morgan fingerprint density at radius 1 is 1.42 bits per heavy atom. The summed E-state index contributed by atoms with van der Waals surface area (Å²) >= 11 is 0. The minimum absolute atomic E-state index is 0.0212. The molecule has 1 aromatic rings. The highest BCUT2D eigenvalue weighted by Gasteiger charge is 2.25. The molecule has 1 fully saturated rings. The van der Waals surface area contributed by atoms with Gasteiger partial charge in [-0.25, -0.2) is 4.79 Å². The summed E-state index contributed by atoms with van der Waals surface area (Å²) in [6.07, 6.45) is -0.304. The van der Waals surface area contributed by atoms with E-state index in [1.54, 1.807) is 4.90 Å². The average Bonchev–Trinajstić information content (AvgIpc) is 2.63. The molecule has 0 saturated carbocycles. The van der Waals surface area contributed by atoms with Gasteiger partial charge in [-0.15, -0.1) is 0 Å². The number of hydrogen-bond donors (Lipinski definition) is 1. The fourth-order valence-electron chi connectivity index (χ4n) is 2.51. The minimum atomic E-state index is -0.283. The Hall–Kier alpha value is -1.63. The van der Waals surface area contributed by atoms with E-state index in [4.69, 9.17) is 14.2 Å². The first-order valence-corrected chi connectivity index (χ1v) is 8.57. The van der Waals surface area contributed by atoms with Gasteiger partial charge in [0.15, 0.2) is 0 Å². The summed E-state index contributed by atoms with van der Waals surface area (Å²) < 4.78 is 16.5. The standard InChI is InChI=1S/C18H28N2O4/c1-3-22-13-15(2)19-11-17-12-20(9-10-23-17)18(21)24-14-16-7-5-4-6-8-16/h4-8,15,17,19H,3,9-14H2,1-2H3. The fraction of sp³-hybridized carbons (Fsp3) is 0.611. The molecule has 2 unspecified atom stereocenters. The van der Waals surface area contributed by atoms with Gasteiger partial charge in [-0.1, -0.05) is 30.3 Å². The SMILES string of the molecule is CCOCC(C)NCC1CN(C(=O)OCc2ccccc2)CCO1. The molecule has 1 saturated heterocycles. The lowest BCUT2D eigenvalue weighted by molar-refractivity contribution is -0.0288. The van der Waals surface area contributed by atoms with Crippen LogP contribution < -0.4 is 5.32 Å². The van der Waals surface area contributed by atoms with E-state index < -0.39 is 0 Å². The Bertz CT molecular complexity index is 483. The maximum absolute atomic E-state index is 12.2. The Balaban J connectivity index is 1.70. The molecule has 1 heterocycles. The highest BCUT2D eigenvalue weighted by Crippen LogP contribution is 2.09. The van der Waals surface area contributed by atoms with E-state index in [1.807, 2.05) is 37.3 Å². The molecule has 0 bridgehead atoms. The molecular formula is C18H28N2O4. The Morgan fingerprint density at radius 2 is 2.21 bits per heavy atom. The van der Waals surface area contributed by atoms with Gasteiger partial charge in [0.05, 0.1) is 25.9 Å². The Labute approximate surface area is 144 Å². The van der Waals surface area contributed by atoms with Crippen molar-refractivity contribution in [2.24, 2.45) is 0 Å². The van der Waals surface area contributed by atoms with Crippen LogP contribution >= 0.6 is 0 Å². The molecular weight excluding hydrogens is 308 g/mol. The summed E-state index contributed by atoms with van der Waals surface area (Å²) in [7, 11) is 0. The lowest BCUT2D eigenvalue weighted by atomic mass is 10.2. The summed E-state index contributed by atoms with van der Waals surface area (Å²) in [6, 6.07) is 9.95. The quantitative estimate of drug-likeness (QED) is 0.787. The lowest BCUT2D eigenvalue weighted by Gasteiger charge is -2.33. The van der Waals surface area contributed by atoms with Crippen LogP contribution in [0.15, 0.2) is 30.3 Å². The number of nitrogens with zero attached hydrogens (tertiary/aromatic N) is 1. The van der Waals surface area contributed by atoms with Crippen molar-refractivity contribution in [2.45, 2.75) is 32.6 Å². The maximum Gasteiger partial charge on any atom is 0.410 e. The van der Waals surface area contributed by atoms with E-state index >= 15 is 0 Å². The summed E-state index contributed by atoms with van der Waals surface area (Å²) in [5.41, 5.74) is 0.988. The van der Waals surface area contributed by atoms with E-state index in [1.165, 1.54) is 0 Å². The predicted molar refractivity (Wildman–Crippen MR) is 91.9 cm³/mol. The monoisotopic (exact) mass is 336 g/mol. The van der Waals surface area contributed by atoms with Crippen molar-refractivity contribution in [3.63, 3.8) is 0 Å². The highest BCUT2D eigenvalue weighted by atomic mass is 16.6. The van der Waals surface area contributed by atoms with Crippen LogP contribution in [0.5, 0.6) is 0 Å². The molecule has 1 aliphatic heterocycles. The van der Waals surface area contributed by atoms with Gasteiger partial charge >= 0.3 is 6.09 Å². The minimum Gasteiger partial charge on any atom is -0.445 e. The average molecular weight is 336 g/mol. The van der Waals surface area contributed by atoms with E-state index in [2.05, 4.69) is 12.2 Å². The van der Waals surface area contributed by atoms with Gasteiger partial charge in [-0.2, -0.15) is 0 Å². The molecule has 24 heavy (non-hydrogen) atoms. The van der Waals surface area contributed by atoms with Crippen LogP contribution in [0.2, 0.25) is 0 Å². The van der Waals surface area contributed by atoms with Crippen LogP contribution in [0, 0.1) is 0 Å². The maximum atomic E-state index is 12.2. The molecule has 6 heteroatoms. The third kappa shape index (κ3) is 6.47. The summed E-state index contributed by atoms with van der Waals surface area (Å²) in [5.74, 6) is 0. The summed E-state index contributed by atoms with van der Waals surface area (Å²) in [4.78, 5) is 13.9. The Morgan fingerprint density at radius 3 is 2.96 bits per heavy atom. The third-order valence-electron chi connectivity index (χ3n) is 3.87. The molecule has 0 radical (unpaired) electrons. The van der Waals surface area contributed by atoms with Crippen molar-refractivity contribution >= 4 is 6.09 Å². The predicted octanol–water partition coefficient (Wildman–Crippen LogP) is 2.04. The van der Waals surface area contributed by atoms with E-state index in [0.29, 0.717) is 46.1 Å². The molecule has 134 valence electrons. The molecule has 2 atom stereocenters. The molecule has 1 aliphatic rings. The summed E-state index contributed by atoms with van der Waals surface area (Å²) in [6.45, 7) is 8.08. The van der Waals surface area contributed by atoms with Crippen molar-refractivity contribution in [1.82, 2.24) is 10.2 Å². The number of rotatable bonds is 8. The van der Waals surface area contributed by atoms with Crippen molar-refractivity contribution in [3.05, 3.63) is 35.9 Å². The van der Waals surface area contributed by atoms with Crippen LogP contribution in [-0.2, 0) is 20.8 Å². The van der Waals surface area contributed by atoms with Crippen molar-refractivity contribution < 1.29 is 19.0 Å². The second kappa shape index (κ2) is 10.3. The second-order valence-corrected chi connectivity index (χ2v) is 5.95. The van der Waals surface area contributed by atoms with Gasteiger partial charge in [-0.3, -0.25) is 0 Å². The number of ether oxygens (including phenoxy) is 3. The smallest absolute Gasteiger partial charge is 0.410 e. The van der Waals surface area contributed by atoms with Crippen molar-refractivity contribution in [2.75, 3.05) is 39.5 Å². The number of carbonyl (C=O) groups is 1. The number of benzene rings is 1. The van der Waals surface area contributed by atoms with Crippen LogP contribution in [-0.4, -0.2) is 62.6 Å². The molecule has 1 amide bonds. The lowest BCUT2D eigenvalue weighted by Crippen LogP contribution is -2.50. The van der Waals surface area contributed by atoms with E-state index in [9.17, 15) is 4.79 Å². The van der Waals surface area contributed by atoms with Gasteiger partial charge < -0.3 is 24.4 Å². The van der Waals surface area contributed by atoms with Gasteiger partial charge in [0.25, 0.3) is 0 Å². The largest absolute Gasteiger partial charge is 0.445 e. The van der Waals surface area contributed by atoms with E-state index in [0.717, 1.165) is 5.56 Å². The van der Waals surface area contributed by atoms with Crippen molar-refractivity contribution in [3.8, 4) is 0 Å². The molecule has 2 rings (SSSR count). The first kappa shape index (κ1) is 18.7. The zero-order valence-electron chi connectivity index (χ0n) is 14.6. The number of morpholine rings is 1. The van der Waals surface area contributed by atoms with E-state index in [-0.39, 0.29) is 18.2 Å². The highest BCUT2D eigenvalue weighted by molar-refractivity contribution is 5.67. The Kier molecular flexibility index (Phi) is 8.01. The van der Waals surface area contributed by atoms with Gasteiger partial charge in [0.1, 0.15) is 6.61 Å². The van der Waals surface area contributed by atoms with Crippen LogP contribution in [0.25, 0.3) is 0 Å². The normalized spacial score (nSPS) is 19.1. The van der Waals surface area contributed by atoms with Gasteiger partial charge in [0.2, 0.25) is 0 Å². The first-order chi connectivity index (χ1) is 11.7. The first-order valence-electron chi connectivity index (χ1n) is 8.57. The molecule has 0 spiro atoms. The van der Waals surface area contributed by atoms with Crippen LogP contribution in [0.4, 0.5) is 4.79 Å². The molecule has 6 nitrogen and oxygen atoms in total. The third-order valence-corrected chi connectivity index (χ3v) is 3.87. The van der Waals surface area contributed by atoms with Gasteiger partial charge in [0, 0.05) is 25.7 Å². The summed E-state index contributed by atoms with van der Waals surface area (Å²) in [5, 5.41) is 3.38. The van der Waals surface area contributed by atoms with Crippen LogP contribution in [0.1, 0.15) is 19.4 Å². The fourth-order valence-corrected chi connectivity index (χ4v) is 2.51.